The number of aromatic amines is 1. The molecule has 0 aliphatic heterocycles. The van der Waals surface area contributed by atoms with Crippen molar-refractivity contribution in [3.05, 3.63) is 87.8 Å². The Balaban J connectivity index is 1.80. The number of rotatable bonds is 4. The number of hydrazone groups is 1. The van der Waals surface area contributed by atoms with Crippen molar-refractivity contribution in [1.82, 2.24) is 15.2 Å². The summed E-state index contributed by atoms with van der Waals surface area (Å²) in [6.07, 6.45) is 1.49. The minimum atomic E-state index is -0.158. The molecular formula is C18H16N4OS. The quantitative estimate of drug-likeness (QED) is 0.437. The zero-order valence-electron chi connectivity index (χ0n) is 13.1. The first-order valence-electron chi connectivity index (χ1n) is 7.42. The molecule has 24 heavy (non-hydrogen) atoms. The van der Waals surface area contributed by atoms with Gasteiger partial charge in [0.05, 0.1) is 17.5 Å². The molecule has 0 amide bonds. The van der Waals surface area contributed by atoms with Gasteiger partial charge in [-0.1, -0.05) is 60.7 Å². The van der Waals surface area contributed by atoms with Crippen LogP contribution in [0.1, 0.15) is 16.8 Å². The molecule has 5 nitrogen and oxygen atoms in total. The molecule has 3 aromatic rings. The average Bonchev–Trinajstić information content (AvgIpc) is 2.91. The molecule has 0 fully saturated rings. The molecule has 0 aliphatic carbocycles. The van der Waals surface area contributed by atoms with Crippen LogP contribution in [0.25, 0.3) is 5.69 Å². The highest BCUT2D eigenvalue weighted by Crippen LogP contribution is 2.05. The number of benzene rings is 2. The van der Waals surface area contributed by atoms with Gasteiger partial charge < -0.3 is 0 Å². The third kappa shape index (κ3) is 3.33. The monoisotopic (exact) mass is 336 g/mol. The van der Waals surface area contributed by atoms with Crippen LogP contribution in [0.15, 0.2) is 70.6 Å². The van der Waals surface area contributed by atoms with E-state index < -0.39 is 0 Å². The van der Waals surface area contributed by atoms with Crippen molar-refractivity contribution < 1.29 is 0 Å². The van der Waals surface area contributed by atoms with Gasteiger partial charge in [0.15, 0.2) is 0 Å². The summed E-state index contributed by atoms with van der Waals surface area (Å²) in [6, 6.07) is 18.9. The Hall–Kier alpha value is -2.99. The van der Waals surface area contributed by atoms with Crippen molar-refractivity contribution in [3.8, 4) is 5.69 Å². The van der Waals surface area contributed by atoms with Gasteiger partial charge in [-0.05, 0) is 19.1 Å². The first-order chi connectivity index (χ1) is 11.7. The molecule has 0 saturated heterocycles. The van der Waals surface area contributed by atoms with Crippen LogP contribution in [-0.4, -0.2) is 21.0 Å². The largest absolute Gasteiger partial charge is 0.295 e. The van der Waals surface area contributed by atoms with Crippen LogP contribution in [0.4, 0.5) is 0 Å². The van der Waals surface area contributed by atoms with Gasteiger partial charge in [0.1, 0.15) is 4.99 Å². The summed E-state index contributed by atoms with van der Waals surface area (Å²) in [6.45, 7) is 1.83. The van der Waals surface area contributed by atoms with Crippen molar-refractivity contribution >= 4 is 23.4 Å². The van der Waals surface area contributed by atoms with E-state index in [1.807, 2.05) is 67.6 Å². The summed E-state index contributed by atoms with van der Waals surface area (Å²) in [5.74, 6) is 0. The van der Waals surface area contributed by atoms with Gasteiger partial charge in [0.2, 0.25) is 0 Å². The van der Waals surface area contributed by atoms with Crippen LogP contribution in [0, 0.1) is 6.92 Å². The molecule has 2 aromatic carbocycles. The number of aromatic nitrogens is 2. The molecule has 0 saturated carbocycles. The first kappa shape index (κ1) is 15.9. The van der Waals surface area contributed by atoms with E-state index in [4.69, 9.17) is 12.2 Å². The second-order valence-electron chi connectivity index (χ2n) is 5.19. The second kappa shape index (κ2) is 7.06. The average molecular weight is 336 g/mol. The predicted molar refractivity (Wildman–Crippen MR) is 100.0 cm³/mol. The molecule has 0 atom stereocenters. The molecule has 0 spiro atoms. The van der Waals surface area contributed by atoms with E-state index >= 15 is 0 Å². The van der Waals surface area contributed by atoms with E-state index in [0.717, 1.165) is 16.9 Å². The van der Waals surface area contributed by atoms with Crippen LogP contribution < -0.4 is 11.0 Å². The van der Waals surface area contributed by atoms with E-state index in [0.29, 0.717) is 10.6 Å². The fourth-order valence-electron chi connectivity index (χ4n) is 2.28. The molecule has 0 unspecified atom stereocenters. The maximum atomic E-state index is 12.5. The van der Waals surface area contributed by atoms with Gasteiger partial charge in [0, 0.05) is 11.3 Å². The maximum Gasteiger partial charge on any atom is 0.280 e. The van der Waals surface area contributed by atoms with Gasteiger partial charge in [-0.15, -0.1) is 0 Å². The van der Waals surface area contributed by atoms with Gasteiger partial charge in [0.25, 0.3) is 5.56 Å². The number of aryl methyl sites for hydroxylation is 1. The Morgan fingerprint density at radius 2 is 1.75 bits per heavy atom. The molecule has 1 aromatic heterocycles. The summed E-state index contributed by atoms with van der Waals surface area (Å²) < 4.78 is 1.49. The van der Waals surface area contributed by atoms with E-state index in [9.17, 15) is 4.79 Å². The molecule has 0 aliphatic rings. The number of thiocarbonyl (C=S) groups is 1. The van der Waals surface area contributed by atoms with Crippen molar-refractivity contribution in [2.24, 2.45) is 5.10 Å². The van der Waals surface area contributed by atoms with Gasteiger partial charge in [-0.2, -0.15) is 5.10 Å². The fourth-order valence-corrected chi connectivity index (χ4v) is 2.47. The number of para-hydroxylation sites is 1. The van der Waals surface area contributed by atoms with E-state index in [1.165, 1.54) is 10.9 Å². The lowest BCUT2D eigenvalue weighted by Gasteiger charge is -2.01. The van der Waals surface area contributed by atoms with E-state index in [2.05, 4.69) is 15.6 Å². The highest BCUT2D eigenvalue weighted by Gasteiger charge is 2.10. The molecule has 1 heterocycles. The van der Waals surface area contributed by atoms with E-state index in [1.54, 1.807) is 0 Å². The van der Waals surface area contributed by atoms with Crippen LogP contribution in [0.5, 0.6) is 0 Å². The standard InChI is InChI=1S/C18H16N4OS/c1-13-16(12-19-20-17(24)14-8-4-2-5-9-14)18(23)22(21-13)15-10-6-3-7-11-15/h2-12,21H,1H3,(H,20,24)/b19-12+. The summed E-state index contributed by atoms with van der Waals surface area (Å²) in [5, 5.41) is 7.15. The summed E-state index contributed by atoms with van der Waals surface area (Å²) >= 11 is 5.27. The van der Waals surface area contributed by atoms with Crippen molar-refractivity contribution in [3.63, 3.8) is 0 Å². The lowest BCUT2D eigenvalue weighted by atomic mass is 10.2. The number of nitrogens with one attached hydrogen (secondary N) is 2. The smallest absolute Gasteiger partial charge is 0.280 e. The number of hydrogen-bond donors (Lipinski definition) is 2. The topological polar surface area (TPSA) is 62.2 Å². The van der Waals surface area contributed by atoms with Gasteiger partial charge in [-0.25, -0.2) is 4.68 Å². The summed E-state index contributed by atoms with van der Waals surface area (Å²) in [5.41, 5.74) is 5.50. The molecule has 0 bridgehead atoms. The molecule has 120 valence electrons. The van der Waals surface area contributed by atoms with Crippen LogP contribution in [0.2, 0.25) is 0 Å². The highest BCUT2D eigenvalue weighted by molar-refractivity contribution is 7.80. The van der Waals surface area contributed by atoms with Crippen molar-refractivity contribution in [2.75, 3.05) is 0 Å². The SMILES string of the molecule is Cc1[nH]n(-c2ccccc2)c(=O)c1/C=N/NC(=S)c1ccccc1. The fraction of sp³-hybridized carbons (Fsp3) is 0.0556. The van der Waals surface area contributed by atoms with Crippen LogP contribution in [-0.2, 0) is 0 Å². The van der Waals surface area contributed by atoms with Gasteiger partial charge >= 0.3 is 0 Å². The number of hydrogen-bond acceptors (Lipinski definition) is 3. The molecule has 2 N–H and O–H groups in total. The lowest BCUT2D eigenvalue weighted by Crippen LogP contribution is -2.19. The van der Waals surface area contributed by atoms with E-state index in [-0.39, 0.29) is 5.56 Å². The second-order valence-corrected chi connectivity index (χ2v) is 5.60. The Morgan fingerprint density at radius 3 is 2.42 bits per heavy atom. The number of nitrogens with zero attached hydrogens (tertiary/aromatic N) is 2. The minimum absolute atomic E-state index is 0.158. The van der Waals surface area contributed by atoms with Crippen LogP contribution in [0.3, 0.4) is 0 Å². The molecular weight excluding hydrogens is 320 g/mol. The predicted octanol–water partition coefficient (Wildman–Crippen LogP) is 2.77. The van der Waals surface area contributed by atoms with Gasteiger partial charge in [-0.3, -0.25) is 15.3 Å². The lowest BCUT2D eigenvalue weighted by molar-refractivity contribution is 0.835. The van der Waals surface area contributed by atoms with Crippen LogP contribution >= 0.6 is 12.2 Å². The third-order valence-electron chi connectivity index (χ3n) is 3.53. The minimum Gasteiger partial charge on any atom is -0.295 e. The first-order valence-corrected chi connectivity index (χ1v) is 7.83. The normalized spacial score (nSPS) is 10.9. The molecule has 3 rings (SSSR count). The Kier molecular flexibility index (Phi) is 4.67. The maximum absolute atomic E-state index is 12.5. The highest BCUT2D eigenvalue weighted by atomic mass is 32.1. The van der Waals surface area contributed by atoms with Crippen molar-refractivity contribution in [2.45, 2.75) is 6.92 Å². The third-order valence-corrected chi connectivity index (χ3v) is 3.85. The Morgan fingerprint density at radius 1 is 1.12 bits per heavy atom. The zero-order chi connectivity index (χ0) is 16.9. The Bertz CT molecular complexity index is 927. The molecule has 0 radical (unpaired) electrons. The summed E-state index contributed by atoms with van der Waals surface area (Å²) in [7, 11) is 0. The van der Waals surface area contributed by atoms with Crippen molar-refractivity contribution in [1.29, 1.82) is 0 Å². The molecule has 6 heteroatoms. The number of H-pyrrole nitrogens is 1. The Labute approximate surface area is 144 Å². The zero-order valence-corrected chi connectivity index (χ0v) is 13.9. The summed E-state index contributed by atoms with van der Waals surface area (Å²) in [4.78, 5) is 13.0.